The monoisotopic (exact) mass is 252 g/mol. The molecule has 0 unspecified atom stereocenters. The van der Waals surface area contributed by atoms with Gasteiger partial charge in [0.2, 0.25) is 0 Å². The van der Waals surface area contributed by atoms with Crippen LogP contribution in [0.25, 0.3) is 0 Å². The minimum Gasteiger partial charge on any atom is -0.497 e. The van der Waals surface area contributed by atoms with Crippen LogP contribution >= 0.6 is 0 Å². The van der Waals surface area contributed by atoms with Crippen LogP contribution in [-0.2, 0) is 6.54 Å². The second-order valence-corrected chi connectivity index (χ2v) is 4.26. The van der Waals surface area contributed by atoms with Gasteiger partial charge >= 0.3 is 0 Å². The Morgan fingerprint density at radius 1 is 1.11 bits per heavy atom. The van der Waals surface area contributed by atoms with Gasteiger partial charge in [0.15, 0.2) is 0 Å². The Morgan fingerprint density at radius 2 is 1.89 bits per heavy atom. The van der Waals surface area contributed by atoms with Crippen LogP contribution in [0.3, 0.4) is 0 Å². The third kappa shape index (κ3) is 4.20. The maximum Gasteiger partial charge on any atom is 0.127 e. The van der Waals surface area contributed by atoms with Crippen molar-refractivity contribution in [3.8, 4) is 11.5 Å². The molecule has 1 aromatic carbocycles. The first-order valence-electron chi connectivity index (χ1n) is 6.29. The lowest BCUT2D eigenvalue weighted by Gasteiger charge is -2.14. The minimum atomic E-state index is 0.822. The van der Waals surface area contributed by atoms with Crippen LogP contribution in [0, 0.1) is 6.92 Å². The third-order valence-corrected chi connectivity index (χ3v) is 2.94. The highest BCUT2D eigenvalue weighted by Crippen LogP contribution is 2.28. The van der Waals surface area contributed by atoms with Gasteiger partial charge in [-0.3, -0.25) is 0 Å². The number of nitrogens with one attached hydrogen (secondary N) is 2. The second-order valence-electron chi connectivity index (χ2n) is 4.26. The van der Waals surface area contributed by atoms with E-state index in [0.29, 0.717) is 0 Å². The van der Waals surface area contributed by atoms with Crippen LogP contribution in [0.15, 0.2) is 12.1 Å². The molecular weight excluding hydrogens is 228 g/mol. The van der Waals surface area contributed by atoms with Gasteiger partial charge in [0, 0.05) is 18.2 Å². The van der Waals surface area contributed by atoms with E-state index in [1.807, 2.05) is 19.2 Å². The van der Waals surface area contributed by atoms with E-state index in [4.69, 9.17) is 9.47 Å². The number of rotatable bonds is 8. The standard InChI is InChI=1S/C14H24N2O2/c1-11-8-12(17-3)9-14(18-4)13(11)10-16-7-5-6-15-2/h8-9,15-16H,5-7,10H2,1-4H3. The molecule has 0 aliphatic rings. The van der Waals surface area contributed by atoms with Crippen LogP contribution < -0.4 is 20.1 Å². The number of aryl methyl sites for hydroxylation is 1. The summed E-state index contributed by atoms with van der Waals surface area (Å²) in [7, 11) is 5.33. The van der Waals surface area contributed by atoms with Crippen LogP contribution in [0.1, 0.15) is 17.5 Å². The lowest BCUT2D eigenvalue weighted by atomic mass is 10.1. The fraction of sp³-hybridized carbons (Fsp3) is 0.571. The zero-order chi connectivity index (χ0) is 13.4. The molecule has 1 aromatic rings. The average molecular weight is 252 g/mol. The summed E-state index contributed by atoms with van der Waals surface area (Å²) in [5.74, 6) is 1.72. The summed E-state index contributed by atoms with van der Waals surface area (Å²) in [6.07, 6.45) is 1.12. The predicted octanol–water partition coefficient (Wildman–Crippen LogP) is 1.71. The van der Waals surface area contributed by atoms with E-state index >= 15 is 0 Å². The lowest BCUT2D eigenvalue weighted by molar-refractivity contribution is 0.389. The maximum absolute atomic E-state index is 5.41. The zero-order valence-corrected chi connectivity index (χ0v) is 11.8. The van der Waals surface area contributed by atoms with Crippen molar-refractivity contribution in [2.24, 2.45) is 0 Å². The van der Waals surface area contributed by atoms with Crippen molar-refractivity contribution in [2.45, 2.75) is 19.9 Å². The molecule has 0 aliphatic carbocycles. The summed E-state index contributed by atoms with van der Waals surface area (Å²) in [4.78, 5) is 0. The molecule has 4 heteroatoms. The molecule has 0 aliphatic heterocycles. The molecule has 0 heterocycles. The molecule has 0 spiro atoms. The van der Waals surface area contributed by atoms with E-state index in [9.17, 15) is 0 Å². The van der Waals surface area contributed by atoms with Crippen molar-refractivity contribution >= 4 is 0 Å². The number of benzene rings is 1. The molecule has 0 atom stereocenters. The van der Waals surface area contributed by atoms with Gasteiger partial charge in [-0.2, -0.15) is 0 Å². The van der Waals surface area contributed by atoms with Gasteiger partial charge in [-0.05, 0) is 45.1 Å². The molecule has 0 bridgehead atoms. The Bertz CT molecular complexity index is 367. The van der Waals surface area contributed by atoms with Crippen molar-refractivity contribution < 1.29 is 9.47 Å². The van der Waals surface area contributed by atoms with Crippen molar-refractivity contribution in [1.82, 2.24) is 10.6 Å². The maximum atomic E-state index is 5.41. The molecule has 2 N–H and O–H groups in total. The summed E-state index contributed by atoms with van der Waals surface area (Å²) in [6, 6.07) is 3.96. The van der Waals surface area contributed by atoms with Gasteiger partial charge in [-0.25, -0.2) is 0 Å². The van der Waals surface area contributed by atoms with Crippen LogP contribution in [0.5, 0.6) is 11.5 Å². The summed E-state index contributed by atoms with van der Waals surface area (Å²) < 4.78 is 10.7. The fourth-order valence-corrected chi connectivity index (χ4v) is 1.88. The molecule has 0 saturated carbocycles. The van der Waals surface area contributed by atoms with Gasteiger partial charge in [0.05, 0.1) is 14.2 Å². The third-order valence-electron chi connectivity index (χ3n) is 2.94. The molecule has 18 heavy (non-hydrogen) atoms. The van der Waals surface area contributed by atoms with Crippen molar-refractivity contribution in [2.75, 3.05) is 34.4 Å². The summed E-state index contributed by atoms with van der Waals surface area (Å²) in [5, 5.41) is 6.56. The quantitative estimate of drug-likeness (QED) is 0.691. The SMILES string of the molecule is CNCCCNCc1c(C)cc(OC)cc1OC. The van der Waals surface area contributed by atoms with Crippen LogP contribution in [0.2, 0.25) is 0 Å². The molecule has 102 valence electrons. The number of hydrogen-bond acceptors (Lipinski definition) is 4. The second kappa shape index (κ2) is 7.95. The highest BCUT2D eigenvalue weighted by molar-refractivity contribution is 5.46. The van der Waals surface area contributed by atoms with E-state index < -0.39 is 0 Å². The first kappa shape index (κ1) is 14.8. The highest BCUT2D eigenvalue weighted by Gasteiger charge is 2.08. The molecule has 1 rings (SSSR count). The molecule has 0 aromatic heterocycles. The van der Waals surface area contributed by atoms with Gasteiger partial charge < -0.3 is 20.1 Å². The Kier molecular flexibility index (Phi) is 6.54. The molecule has 0 fully saturated rings. The largest absolute Gasteiger partial charge is 0.497 e. The normalized spacial score (nSPS) is 10.4. The van der Waals surface area contributed by atoms with Gasteiger partial charge in [-0.1, -0.05) is 0 Å². The molecule has 0 amide bonds. The molecular formula is C14H24N2O2. The first-order valence-corrected chi connectivity index (χ1v) is 6.29. The number of hydrogen-bond donors (Lipinski definition) is 2. The first-order chi connectivity index (χ1) is 8.72. The van der Waals surface area contributed by atoms with E-state index in [1.165, 1.54) is 11.1 Å². The number of methoxy groups -OCH3 is 2. The van der Waals surface area contributed by atoms with Gasteiger partial charge in [0.25, 0.3) is 0 Å². The van der Waals surface area contributed by atoms with Crippen LogP contribution in [0.4, 0.5) is 0 Å². The topological polar surface area (TPSA) is 42.5 Å². The summed E-state index contributed by atoms with van der Waals surface area (Å²) in [5.41, 5.74) is 2.38. The highest BCUT2D eigenvalue weighted by atomic mass is 16.5. The van der Waals surface area contributed by atoms with Gasteiger partial charge in [-0.15, -0.1) is 0 Å². The van der Waals surface area contributed by atoms with Crippen molar-refractivity contribution in [3.05, 3.63) is 23.3 Å². The zero-order valence-electron chi connectivity index (χ0n) is 11.8. The fourth-order valence-electron chi connectivity index (χ4n) is 1.88. The van der Waals surface area contributed by atoms with Gasteiger partial charge in [0.1, 0.15) is 11.5 Å². The minimum absolute atomic E-state index is 0.822. The Balaban J connectivity index is 2.63. The predicted molar refractivity (Wildman–Crippen MR) is 74.5 cm³/mol. The van der Waals surface area contributed by atoms with E-state index in [-0.39, 0.29) is 0 Å². The molecule has 0 saturated heterocycles. The van der Waals surface area contributed by atoms with Crippen molar-refractivity contribution in [1.29, 1.82) is 0 Å². The summed E-state index contributed by atoms with van der Waals surface area (Å²) >= 11 is 0. The number of ether oxygens (including phenoxy) is 2. The summed E-state index contributed by atoms with van der Waals surface area (Å²) in [6.45, 7) is 4.93. The Morgan fingerprint density at radius 3 is 2.50 bits per heavy atom. The smallest absolute Gasteiger partial charge is 0.127 e. The Labute approximate surface area is 110 Å². The lowest BCUT2D eigenvalue weighted by Crippen LogP contribution is -2.20. The van der Waals surface area contributed by atoms with E-state index in [0.717, 1.165) is 37.6 Å². The average Bonchev–Trinajstić information content (AvgIpc) is 2.39. The Hall–Kier alpha value is -1.26. The van der Waals surface area contributed by atoms with Crippen LogP contribution in [-0.4, -0.2) is 34.4 Å². The molecule has 0 radical (unpaired) electrons. The van der Waals surface area contributed by atoms with E-state index in [1.54, 1.807) is 14.2 Å². The van der Waals surface area contributed by atoms with E-state index in [2.05, 4.69) is 17.6 Å². The molecule has 4 nitrogen and oxygen atoms in total. The van der Waals surface area contributed by atoms with Crippen molar-refractivity contribution in [3.63, 3.8) is 0 Å².